The molecule has 5 aromatic rings. The number of nitrogens with one attached hydrogen (secondary N) is 2. The standard InChI is InChI=1S/C29H25N3O2S/c1-34-25-17-16-24(22-10-6-3-7-11-22)27-26(25)31-29(35-27)32-28(33)23-14-12-21(13-15-23)19-30-18-20-8-4-2-5-9-20/h2-17,30H,18-19H2,1H3,(H,31,32,33). The van der Waals surface area contributed by atoms with Crippen molar-refractivity contribution in [2.75, 3.05) is 12.4 Å². The minimum atomic E-state index is -0.187. The van der Waals surface area contributed by atoms with Gasteiger partial charge in [0.2, 0.25) is 0 Å². The van der Waals surface area contributed by atoms with Crippen LogP contribution in [0.5, 0.6) is 5.75 Å². The van der Waals surface area contributed by atoms with E-state index in [4.69, 9.17) is 4.74 Å². The second kappa shape index (κ2) is 10.5. The highest BCUT2D eigenvalue weighted by atomic mass is 32.1. The lowest BCUT2D eigenvalue weighted by molar-refractivity contribution is 0.102. The minimum Gasteiger partial charge on any atom is -0.494 e. The van der Waals surface area contributed by atoms with Crippen molar-refractivity contribution in [3.05, 3.63) is 114 Å². The van der Waals surface area contributed by atoms with Gasteiger partial charge >= 0.3 is 0 Å². The van der Waals surface area contributed by atoms with E-state index in [1.54, 1.807) is 7.11 Å². The first kappa shape index (κ1) is 22.8. The maximum absolute atomic E-state index is 12.9. The average molecular weight is 480 g/mol. The largest absolute Gasteiger partial charge is 0.494 e. The summed E-state index contributed by atoms with van der Waals surface area (Å²) < 4.78 is 6.50. The number of hydrogen-bond acceptors (Lipinski definition) is 5. The number of ether oxygens (including phenoxy) is 1. The highest BCUT2D eigenvalue weighted by molar-refractivity contribution is 7.23. The van der Waals surface area contributed by atoms with E-state index >= 15 is 0 Å². The molecule has 5 nitrogen and oxygen atoms in total. The van der Waals surface area contributed by atoms with Crippen LogP contribution in [0.4, 0.5) is 5.13 Å². The first-order chi connectivity index (χ1) is 17.2. The lowest BCUT2D eigenvalue weighted by Gasteiger charge is -2.06. The molecule has 5 rings (SSSR count). The van der Waals surface area contributed by atoms with E-state index in [0.717, 1.165) is 40.0 Å². The Labute approximate surface area is 208 Å². The zero-order chi connectivity index (χ0) is 24.0. The number of methoxy groups -OCH3 is 1. The molecule has 1 aromatic heterocycles. The maximum atomic E-state index is 12.9. The van der Waals surface area contributed by atoms with E-state index in [0.29, 0.717) is 16.4 Å². The molecule has 0 aliphatic heterocycles. The van der Waals surface area contributed by atoms with Gasteiger partial charge in [-0.2, -0.15) is 0 Å². The fourth-order valence-electron chi connectivity index (χ4n) is 3.94. The molecule has 0 bridgehead atoms. The lowest BCUT2D eigenvalue weighted by atomic mass is 10.1. The van der Waals surface area contributed by atoms with Crippen molar-refractivity contribution in [1.82, 2.24) is 10.3 Å². The van der Waals surface area contributed by atoms with E-state index in [-0.39, 0.29) is 5.91 Å². The van der Waals surface area contributed by atoms with Gasteiger partial charge in [-0.15, -0.1) is 0 Å². The monoisotopic (exact) mass is 479 g/mol. The van der Waals surface area contributed by atoms with Crippen molar-refractivity contribution in [1.29, 1.82) is 0 Å². The Morgan fingerprint density at radius 3 is 2.17 bits per heavy atom. The van der Waals surface area contributed by atoms with Crippen LogP contribution < -0.4 is 15.4 Å². The van der Waals surface area contributed by atoms with Crippen molar-refractivity contribution in [3.8, 4) is 16.9 Å². The summed E-state index contributed by atoms with van der Waals surface area (Å²) in [6.45, 7) is 1.53. The van der Waals surface area contributed by atoms with Gasteiger partial charge in [0.15, 0.2) is 5.13 Å². The Bertz CT molecular complexity index is 1430. The molecule has 0 spiro atoms. The number of rotatable bonds is 8. The molecule has 0 unspecified atom stereocenters. The number of fused-ring (bicyclic) bond motifs is 1. The highest BCUT2D eigenvalue weighted by Gasteiger charge is 2.16. The van der Waals surface area contributed by atoms with Crippen molar-refractivity contribution in [2.24, 2.45) is 0 Å². The number of anilines is 1. The van der Waals surface area contributed by atoms with Crippen LogP contribution in [0.25, 0.3) is 21.3 Å². The number of benzene rings is 4. The Hall–Kier alpha value is -4.00. The summed E-state index contributed by atoms with van der Waals surface area (Å²) in [5, 5.41) is 6.93. The molecule has 0 aliphatic rings. The van der Waals surface area contributed by atoms with Crippen molar-refractivity contribution < 1.29 is 9.53 Å². The fourth-order valence-corrected chi connectivity index (χ4v) is 4.95. The summed E-state index contributed by atoms with van der Waals surface area (Å²) in [5.41, 5.74) is 5.85. The van der Waals surface area contributed by atoms with E-state index in [1.165, 1.54) is 16.9 Å². The lowest BCUT2D eigenvalue weighted by Crippen LogP contribution is -2.14. The number of nitrogens with zero attached hydrogens (tertiary/aromatic N) is 1. The second-order valence-corrected chi connectivity index (χ2v) is 9.12. The number of thiazole rings is 1. The fraction of sp³-hybridized carbons (Fsp3) is 0.103. The topological polar surface area (TPSA) is 63.2 Å². The van der Waals surface area contributed by atoms with Crippen LogP contribution >= 0.6 is 11.3 Å². The van der Waals surface area contributed by atoms with Gasteiger partial charge in [0.1, 0.15) is 11.3 Å². The molecule has 0 radical (unpaired) electrons. The molecule has 0 atom stereocenters. The number of amides is 1. The third-order valence-electron chi connectivity index (χ3n) is 5.75. The third kappa shape index (κ3) is 5.24. The molecule has 2 N–H and O–H groups in total. The normalized spacial score (nSPS) is 10.9. The molecular formula is C29H25N3O2S. The SMILES string of the molecule is COc1ccc(-c2ccccc2)c2sc(NC(=O)c3ccc(CNCc4ccccc4)cc3)nc12. The Morgan fingerprint density at radius 1 is 0.829 bits per heavy atom. The summed E-state index contributed by atoms with van der Waals surface area (Å²) in [7, 11) is 1.63. The van der Waals surface area contributed by atoms with Crippen molar-refractivity contribution in [3.63, 3.8) is 0 Å². The number of carbonyl (C=O) groups is 1. The summed E-state index contributed by atoms with van der Waals surface area (Å²) in [6, 6.07) is 32.0. The van der Waals surface area contributed by atoms with Gasteiger partial charge in [-0.05, 0) is 41.0 Å². The van der Waals surface area contributed by atoms with Gasteiger partial charge in [0.05, 0.1) is 11.8 Å². The zero-order valence-corrected chi connectivity index (χ0v) is 20.1. The number of hydrogen-bond donors (Lipinski definition) is 2. The minimum absolute atomic E-state index is 0.187. The van der Waals surface area contributed by atoms with Gasteiger partial charge < -0.3 is 10.1 Å². The molecule has 0 saturated carbocycles. The molecular weight excluding hydrogens is 454 g/mol. The molecule has 35 heavy (non-hydrogen) atoms. The van der Waals surface area contributed by atoms with Crippen molar-refractivity contribution >= 4 is 32.6 Å². The van der Waals surface area contributed by atoms with Gasteiger partial charge in [0, 0.05) is 24.2 Å². The number of aromatic nitrogens is 1. The molecule has 0 fully saturated rings. The summed E-state index contributed by atoms with van der Waals surface area (Å²) in [5.74, 6) is 0.497. The van der Waals surface area contributed by atoms with Crippen LogP contribution in [-0.4, -0.2) is 18.0 Å². The van der Waals surface area contributed by atoms with Gasteiger partial charge in [-0.3, -0.25) is 10.1 Å². The van der Waals surface area contributed by atoms with E-state index in [9.17, 15) is 4.79 Å². The first-order valence-electron chi connectivity index (χ1n) is 11.4. The van der Waals surface area contributed by atoms with Crippen LogP contribution in [0.15, 0.2) is 97.1 Å². The van der Waals surface area contributed by atoms with E-state index in [1.807, 2.05) is 72.8 Å². The molecule has 1 amide bonds. The first-order valence-corrected chi connectivity index (χ1v) is 12.2. The third-order valence-corrected chi connectivity index (χ3v) is 6.75. The summed E-state index contributed by atoms with van der Waals surface area (Å²) in [4.78, 5) is 17.6. The molecule has 174 valence electrons. The maximum Gasteiger partial charge on any atom is 0.257 e. The summed E-state index contributed by atoms with van der Waals surface area (Å²) in [6.07, 6.45) is 0. The molecule has 0 aliphatic carbocycles. The van der Waals surface area contributed by atoms with Crippen LogP contribution in [0.3, 0.4) is 0 Å². The molecule has 4 aromatic carbocycles. The van der Waals surface area contributed by atoms with Crippen LogP contribution in [0.2, 0.25) is 0 Å². The second-order valence-electron chi connectivity index (χ2n) is 8.12. The number of carbonyl (C=O) groups excluding carboxylic acids is 1. The highest BCUT2D eigenvalue weighted by Crippen LogP contribution is 2.39. The average Bonchev–Trinajstić information content (AvgIpc) is 3.33. The van der Waals surface area contributed by atoms with E-state index in [2.05, 4.69) is 39.9 Å². The Balaban J connectivity index is 1.29. The predicted molar refractivity (Wildman–Crippen MR) is 143 cm³/mol. The van der Waals surface area contributed by atoms with Gasteiger partial charge in [-0.25, -0.2) is 4.98 Å². The molecule has 0 saturated heterocycles. The Morgan fingerprint density at radius 2 is 1.49 bits per heavy atom. The zero-order valence-electron chi connectivity index (χ0n) is 19.3. The predicted octanol–water partition coefficient (Wildman–Crippen LogP) is 6.51. The smallest absolute Gasteiger partial charge is 0.257 e. The van der Waals surface area contributed by atoms with Crippen LogP contribution in [-0.2, 0) is 13.1 Å². The molecule has 6 heteroatoms. The van der Waals surface area contributed by atoms with Crippen molar-refractivity contribution in [2.45, 2.75) is 13.1 Å². The van der Waals surface area contributed by atoms with E-state index < -0.39 is 0 Å². The molecule has 1 heterocycles. The summed E-state index contributed by atoms with van der Waals surface area (Å²) >= 11 is 1.45. The quantitative estimate of drug-likeness (QED) is 0.266. The van der Waals surface area contributed by atoms with Gasteiger partial charge in [0.25, 0.3) is 5.91 Å². The Kier molecular flexibility index (Phi) is 6.84. The van der Waals surface area contributed by atoms with Crippen LogP contribution in [0, 0.1) is 0 Å². The van der Waals surface area contributed by atoms with Gasteiger partial charge in [-0.1, -0.05) is 84.1 Å². The van der Waals surface area contributed by atoms with Crippen LogP contribution in [0.1, 0.15) is 21.5 Å².